The lowest BCUT2D eigenvalue weighted by molar-refractivity contribution is -0.383. The van der Waals surface area contributed by atoms with E-state index in [1.165, 1.54) is 26.0 Å². The smallest absolute Gasteiger partial charge is 0.331 e. The number of unbranched alkanes of at least 4 members (excludes halogenated alkanes) is 2. The summed E-state index contributed by atoms with van der Waals surface area (Å²) in [6, 6.07) is 7.51. The van der Waals surface area contributed by atoms with Crippen LogP contribution >= 0.6 is 0 Å². The van der Waals surface area contributed by atoms with Crippen LogP contribution in [-0.2, 0) is 25.8 Å². The largest absolute Gasteiger partial charge is 0.335 e. The first-order valence-corrected chi connectivity index (χ1v) is 12.2. The third-order valence-corrected chi connectivity index (χ3v) is 5.92. The Hall–Kier alpha value is -4.74. The lowest BCUT2D eigenvalue weighted by Crippen LogP contribution is -2.12. The first kappa shape index (κ1) is 28.8. The van der Waals surface area contributed by atoms with Gasteiger partial charge in [0.15, 0.2) is 0 Å². The van der Waals surface area contributed by atoms with Gasteiger partial charge in [-0.25, -0.2) is 9.59 Å². The zero-order valence-corrected chi connectivity index (χ0v) is 22.3. The van der Waals surface area contributed by atoms with Gasteiger partial charge in [-0.15, -0.1) is 0 Å². The van der Waals surface area contributed by atoms with Gasteiger partial charge < -0.3 is 14.2 Å². The Bertz CT molecular complexity index is 1560. The molecule has 0 radical (unpaired) electrons. The van der Waals surface area contributed by atoms with E-state index in [-0.39, 0.29) is 28.2 Å². The number of fused-ring (bicyclic) bond motifs is 3. The van der Waals surface area contributed by atoms with Crippen LogP contribution in [-0.4, -0.2) is 44.4 Å². The van der Waals surface area contributed by atoms with Crippen LogP contribution in [0.15, 0.2) is 40.6 Å². The number of nitrogens with zero attached hydrogens (tertiary/aromatic N) is 4. The Morgan fingerprint density at radius 2 is 1.41 bits per heavy atom. The molecule has 0 N–H and O–H groups in total. The third-order valence-electron chi connectivity index (χ3n) is 5.92. The molecular weight excluding hydrogens is 508 g/mol. The van der Waals surface area contributed by atoms with E-state index in [2.05, 4.69) is 20.0 Å². The van der Waals surface area contributed by atoms with Crippen molar-refractivity contribution in [3.63, 3.8) is 0 Å². The van der Waals surface area contributed by atoms with Crippen molar-refractivity contribution < 1.29 is 33.8 Å². The lowest BCUT2D eigenvalue weighted by atomic mass is 10.0. The predicted molar refractivity (Wildman–Crippen MR) is 144 cm³/mol. The van der Waals surface area contributed by atoms with Crippen molar-refractivity contribution in [2.75, 3.05) is 0 Å². The highest BCUT2D eigenvalue weighted by molar-refractivity contribution is 6.46. The van der Waals surface area contributed by atoms with Gasteiger partial charge in [0.05, 0.1) is 4.92 Å². The minimum atomic E-state index is -0.719. The number of aromatic nitrogens is 1. The van der Waals surface area contributed by atoms with Gasteiger partial charge in [-0.3, -0.25) is 19.7 Å². The fourth-order valence-corrected chi connectivity index (χ4v) is 4.15. The van der Waals surface area contributed by atoms with Crippen LogP contribution in [0.2, 0.25) is 0 Å². The third kappa shape index (κ3) is 6.40. The molecule has 2 aromatic carbocycles. The standard InChI is InChI=1S/C27H28N4O8/c1-6-7-8-11-30-23-10-9-19(26(34)15(2)28-38-17(4)32)12-21(23)22-13-20(14-24(25(22)30)31(36)37)27(35)16(3)29-39-18(5)33/h9-10,12-14H,6-8,11H2,1-5H3/b28-15+,29-16+. The van der Waals surface area contributed by atoms with E-state index in [4.69, 9.17) is 0 Å². The lowest BCUT2D eigenvalue weighted by Gasteiger charge is -2.08. The average Bonchev–Trinajstić information content (AvgIpc) is 3.21. The number of rotatable bonds is 11. The Balaban J connectivity index is 2.30. The van der Waals surface area contributed by atoms with Gasteiger partial charge in [0, 0.05) is 53.9 Å². The maximum atomic E-state index is 13.1. The average molecular weight is 537 g/mol. The molecule has 1 heterocycles. The fourth-order valence-electron chi connectivity index (χ4n) is 4.15. The van der Waals surface area contributed by atoms with Crippen LogP contribution < -0.4 is 0 Å². The number of aryl methyl sites for hydroxylation is 1. The number of carbonyl (C=O) groups is 4. The highest BCUT2D eigenvalue weighted by Crippen LogP contribution is 2.37. The quantitative estimate of drug-likeness (QED) is 0.0813. The molecule has 0 spiro atoms. The summed E-state index contributed by atoms with van der Waals surface area (Å²) in [7, 11) is 0. The minimum Gasteiger partial charge on any atom is -0.335 e. The second-order valence-corrected chi connectivity index (χ2v) is 8.92. The second kappa shape index (κ2) is 12.2. The molecule has 39 heavy (non-hydrogen) atoms. The van der Waals surface area contributed by atoms with Crippen LogP contribution in [0.25, 0.3) is 21.8 Å². The van der Waals surface area contributed by atoms with Crippen molar-refractivity contribution in [3.8, 4) is 0 Å². The van der Waals surface area contributed by atoms with Gasteiger partial charge in [-0.1, -0.05) is 30.1 Å². The summed E-state index contributed by atoms with van der Waals surface area (Å²) in [5, 5.41) is 20.2. The number of nitro groups is 1. The molecule has 0 aliphatic heterocycles. The molecule has 204 valence electrons. The monoisotopic (exact) mass is 536 g/mol. The maximum Gasteiger partial charge on any atom is 0.331 e. The van der Waals surface area contributed by atoms with Gasteiger partial charge in [0.1, 0.15) is 16.9 Å². The van der Waals surface area contributed by atoms with E-state index in [0.717, 1.165) is 33.1 Å². The number of hydrogen-bond donors (Lipinski definition) is 0. The number of benzene rings is 2. The van der Waals surface area contributed by atoms with Crippen molar-refractivity contribution in [1.29, 1.82) is 0 Å². The Labute approximate surface area is 223 Å². The van der Waals surface area contributed by atoms with Gasteiger partial charge in [-0.05, 0) is 44.5 Å². The maximum absolute atomic E-state index is 13.1. The zero-order valence-electron chi connectivity index (χ0n) is 22.3. The Kier molecular flexibility index (Phi) is 9.02. The first-order valence-electron chi connectivity index (χ1n) is 12.2. The topological polar surface area (TPSA) is 160 Å². The summed E-state index contributed by atoms with van der Waals surface area (Å²) < 4.78 is 1.82. The minimum absolute atomic E-state index is 0.0282. The van der Waals surface area contributed by atoms with E-state index in [0.29, 0.717) is 28.4 Å². The molecule has 0 bridgehead atoms. The molecule has 0 unspecified atom stereocenters. The Morgan fingerprint density at radius 3 is 1.95 bits per heavy atom. The first-order chi connectivity index (χ1) is 18.5. The van der Waals surface area contributed by atoms with Crippen molar-refractivity contribution in [1.82, 2.24) is 4.57 Å². The van der Waals surface area contributed by atoms with Crippen molar-refractivity contribution >= 4 is 62.4 Å². The van der Waals surface area contributed by atoms with E-state index in [9.17, 15) is 29.3 Å². The van der Waals surface area contributed by atoms with Crippen molar-refractivity contribution in [2.24, 2.45) is 10.3 Å². The molecular formula is C27H28N4O8. The van der Waals surface area contributed by atoms with Crippen LogP contribution in [0.4, 0.5) is 5.69 Å². The van der Waals surface area contributed by atoms with E-state index in [1.807, 2.05) is 11.5 Å². The SMILES string of the molecule is CCCCCn1c2ccc(C(=O)/C(C)=N/OC(C)=O)cc2c2cc(C(=O)/C(C)=N/OC(C)=O)cc([N+](=O)[O-])c21. The van der Waals surface area contributed by atoms with Crippen molar-refractivity contribution in [2.45, 2.75) is 60.4 Å². The number of Topliss-reactive ketones (excluding diaryl/α,β-unsaturated/α-hetero) is 2. The number of nitro benzene ring substituents is 1. The van der Waals surface area contributed by atoms with Crippen molar-refractivity contribution in [3.05, 3.63) is 51.6 Å². The molecule has 0 amide bonds. The van der Waals surface area contributed by atoms with Crippen LogP contribution in [0.1, 0.15) is 74.6 Å². The van der Waals surface area contributed by atoms with Crippen LogP contribution in [0.5, 0.6) is 0 Å². The molecule has 0 aliphatic rings. The number of ketones is 2. The normalized spacial score (nSPS) is 12.0. The summed E-state index contributed by atoms with van der Waals surface area (Å²) in [6.45, 7) is 7.54. The van der Waals surface area contributed by atoms with E-state index < -0.39 is 28.4 Å². The van der Waals surface area contributed by atoms with Crippen LogP contribution in [0.3, 0.4) is 0 Å². The molecule has 0 saturated heterocycles. The molecule has 1 aromatic heterocycles. The molecule has 0 atom stereocenters. The fraction of sp³-hybridized carbons (Fsp3) is 0.333. The summed E-state index contributed by atoms with van der Waals surface area (Å²) >= 11 is 0. The highest BCUT2D eigenvalue weighted by atomic mass is 16.7. The van der Waals surface area contributed by atoms with Gasteiger partial charge in [0.25, 0.3) is 5.69 Å². The predicted octanol–water partition coefficient (Wildman–Crippen LogP) is 5.14. The molecule has 0 aliphatic carbocycles. The summed E-state index contributed by atoms with van der Waals surface area (Å²) in [5.41, 5.74) is 0.630. The Morgan fingerprint density at radius 1 is 0.846 bits per heavy atom. The molecule has 0 saturated carbocycles. The number of non-ortho nitro benzene ring substituents is 1. The van der Waals surface area contributed by atoms with Gasteiger partial charge in [-0.2, -0.15) is 0 Å². The number of hydrogen-bond acceptors (Lipinski definition) is 10. The summed E-state index contributed by atoms with van der Waals surface area (Å²) in [4.78, 5) is 69.0. The van der Waals surface area contributed by atoms with E-state index in [1.54, 1.807) is 18.2 Å². The van der Waals surface area contributed by atoms with Crippen LogP contribution in [0, 0.1) is 10.1 Å². The number of carbonyl (C=O) groups excluding carboxylic acids is 4. The van der Waals surface area contributed by atoms with Gasteiger partial charge >= 0.3 is 11.9 Å². The second-order valence-electron chi connectivity index (χ2n) is 8.92. The summed E-state index contributed by atoms with van der Waals surface area (Å²) in [6.07, 6.45) is 2.61. The molecule has 12 nitrogen and oxygen atoms in total. The molecule has 0 fully saturated rings. The van der Waals surface area contributed by atoms with Gasteiger partial charge in [0.2, 0.25) is 11.6 Å². The molecule has 3 aromatic rings. The molecule has 12 heteroatoms. The van der Waals surface area contributed by atoms with E-state index >= 15 is 0 Å². The number of oxime groups is 2. The summed E-state index contributed by atoms with van der Waals surface area (Å²) in [5.74, 6) is -2.56. The highest BCUT2D eigenvalue weighted by Gasteiger charge is 2.25. The zero-order chi connectivity index (χ0) is 28.9. The molecule has 3 rings (SSSR count).